The number of nitrogens with one attached hydrogen (secondary N) is 1. The normalized spacial score (nSPS) is 36.4. The molecule has 4 nitrogen and oxygen atoms in total. The molecule has 2 saturated heterocycles. The van der Waals surface area contributed by atoms with Crippen LogP contribution >= 0.6 is 0 Å². The molecule has 0 radical (unpaired) electrons. The zero-order chi connectivity index (χ0) is 11.2. The van der Waals surface area contributed by atoms with Gasteiger partial charge in [0.1, 0.15) is 0 Å². The topological polar surface area (TPSA) is 51.0 Å². The van der Waals surface area contributed by atoms with Gasteiger partial charge < -0.3 is 9.84 Å². The van der Waals surface area contributed by atoms with E-state index in [0.717, 1.165) is 36.1 Å². The summed E-state index contributed by atoms with van der Waals surface area (Å²) in [6.45, 7) is 0. The lowest BCUT2D eigenvalue weighted by Gasteiger charge is -2.28. The maximum atomic E-state index is 5.38. The predicted octanol–water partition coefficient (Wildman–Crippen LogP) is 2.02. The van der Waals surface area contributed by atoms with Crippen LogP contribution in [0.1, 0.15) is 56.2 Å². The molecule has 2 bridgehead atoms. The molecule has 1 aliphatic carbocycles. The van der Waals surface area contributed by atoms with E-state index in [0.29, 0.717) is 5.92 Å². The summed E-state index contributed by atoms with van der Waals surface area (Å²) >= 11 is 0. The second-order valence-electron chi connectivity index (χ2n) is 6.00. The van der Waals surface area contributed by atoms with E-state index in [1.165, 1.54) is 38.5 Å². The molecule has 2 aliphatic heterocycles. The summed E-state index contributed by atoms with van der Waals surface area (Å²) < 4.78 is 5.38. The fraction of sp³-hybridized carbons (Fsp3) is 0.846. The standard InChI is InChI=1S/C13H19N3O/c1-2-9(1)13-15-12(17-16-13)7-8-5-10-3-4-11(6-8)14-10/h8-11,14H,1-7H2. The summed E-state index contributed by atoms with van der Waals surface area (Å²) in [5.74, 6) is 3.19. The number of fused-ring (bicyclic) bond motifs is 2. The van der Waals surface area contributed by atoms with Gasteiger partial charge in [0.2, 0.25) is 5.89 Å². The predicted molar refractivity (Wildman–Crippen MR) is 62.6 cm³/mol. The Hall–Kier alpha value is -0.900. The fourth-order valence-electron chi connectivity index (χ4n) is 3.45. The molecule has 0 aromatic carbocycles. The molecule has 4 rings (SSSR count). The van der Waals surface area contributed by atoms with Crippen LogP contribution in [-0.2, 0) is 6.42 Å². The molecule has 4 heteroatoms. The van der Waals surface area contributed by atoms with Gasteiger partial charge >= 0.3 is 0 Å². The quantitative estimate of drug-likeness (QED) is 0.867. The van der Waals surface area contributed by atoms with Crippen LogP contribution in [0.3, 0.4) is 0 Å². The van der Waals surface area contributed by atoms with Crippen LogP contribution in [0.4, 0.5) is 0 Å². The van der Waals surface area contributed by atoms with Gasteiger partial charge in [-0.3, -0.25) is 0 Å². The van der Waals surface area contributed by atoms with Gasteiger partial charge in [-0.2, -0.15) is 4.98 Å². The van der Waals surface area contributed by atoms with E-state index in [-0.39, 0.29) is 0 Å². The van der Waals surface area contributed by atoms with Gasteiger partial charge in [0.15, 0.2) is 5.82 Å². The monoisotopic (exact) mass is 233 g/mol. The van der Waals surface area contributed by atoms with Crippen LogP contribution in [-0.4, -0.2) is 22.2 Å². The summed E-state index contributed by atoms with van der Waals surface area (Å²) in [5.41, 5.74) is 0. The zero-order valence-corrected chi connectivity index (χ0v) is 10.1. The third-order valence-electron chi connectivity index (χ3n) is 4.46. The van der Waals surface area contributed by atoms with Crippen molar-refractivity contribution >= 4 is 0 Å². The molecule has 3 heterocycles. The SMILES string of the molecule is C(c1nc(C2CC2)no1)C1CC2CCC(C1)N2. The van der Waals surface area contributed by atoms with Gasteiger partial charge in [0, 0.05) is 24.4 Å². The molecule has 0 spiro atoms. The maximum absolute atomic E-state index is 5.38. The van der Waals surface area contributed by atoms with Crippen molar-refractivity contribution in [2.24, 2.45) is 5.92 Å². The number of aromatic nitrogens is 2. The molecule has 0 amide bonds. The van der Waals surface area contributed by atoms with Crippen LogP contribution in [0.25, 0.3) is 0 Å². The van der Waals surface area contributed by atoms with Crippen molar-refractivity contribution < 1.29 is 4.52 Å². The Kier molecular flexibility index (Phi) is 2.25. The molecule has 3 fully saturated rings. The Labute approximate surface area is 101 Å². The Morgan fingerprint density at radius 3 is 2.59 bits per heavy atom. The molecule has 1 N–H and O–H groups in total. The lowest BCUT2D eigenvalue weighted by atomic mass is 9.90. The zero-order valence-electron chi connectivity index (χ0n) is 10.1. The lowest BCUT2D eigenvalue weighted by Crippen LogP contribution is -2.38. The van der Waals surface area contributed by atoms with Crippen LogP contribution in [0.15, 0.2) is 4.52 Å². The van der Waals surface area contributed by atoms with Gasteiger partial charge in [0.25, 0.3) is 0 Å². The molecule has 92 valence electrons. The van der Waals surface area contributed by atoms with Gasteiger partial charge in [-0.15, -0.1) is 0 Å². The highest BCUT2D eigenvalue weighted by atomic mass is 16.5. The van der Waals surface area contributed by atoms with Crippen molar-refractivity contribution in [3.05, 3.63) is 11.7 Å². The van der Waals surface area contributed by atoms with Gasteiger partial charge in [-0.05, 0) is 44.4 Å². The Morgan fingerprint density at radius 1 is 1.12 bits per heavy atom. The third kappa shape index (κ3) is 1.99. The average Bonchev–Trinajstić information content (AvgIpc) is 2.99. The van der Waals surface area contributed by atoms with Crippen LogP contribution in [0, 0.1) is 5.92 Å². The molecular weight excluding hydrogens is 214 g/mol. The van der Waals surface area contributed by atoms with Crippen molar-refractivity contribution in [1.29, 1.82) is 0 Å². The highest BCUT2D eigenvalue weighted by Gasteiger charge is 2.34. The van der Waals surface area contributed by atoms with Crippen molar-refractivity contribution in [1.82, 2.24) is 15.5 Å². The minimum atomic E-state index is 0.608. The van der Waals surface area contributed by atoms with E-state index in [9.17, 15) is 0 Å². The molecule has 2 unspecified atom stereocenters. The average molecular weight is 233 g/mol. The summed E-state index contributed by atoms with van der Waals surface area (Å²) in [6.07, 6.45) is 8.78. The molecule has 3 aliphatic rings. The molecule has 1 saturated carbocycles. The van der Waals surface area contributed by atoms with E-state index in [1.807, 2.05) is 0 Å². The molecular formula is C13H19N3O. The first-order chi connectivity index (χ1) is 8.37. The first kappa shape index (κ1) is 10.1. The summed E-state index contributed by atoms with van der Waals surface area (Å²) in [7, 11) is 0. The van der Waals surface area contributed by atoms with E-state index >= 15 is 0 Å². The van der Waals surface area contributed by atoms with Gasteiger partial charge in [-0.25, -0.2) is 0 Å². The lowest BCUT2D eigenvalue weighted by molar-refractivity contribution is 0.270. The minimum absolute atomic E-state index is 0.608. The number of nitrogens with zero attached hydrogens (tertiary/aromatic N) is 2. The molecule has 2 atom stereocenters. The van der Waals surface area contributed by atoms with Crippen molar-refractivity contribution in [2.75, 3.05) is 0 Å². The van der Waals surface area contributed by atoms with E-state index in [2.05, 4.69) is 15.5 Å². The third-order valence-corrected chi connectivity index (χ3v) is 4.46. The Bertz CT molecular complexity index is 401. The maximum Gasteiger partial charge on any atom is 0.226 e. The number of piperidine rings is 1. The molecule has 1 aromatic rings. The second kappa shape index (κ2) is 3.80. The first-order valence-electron chi connectivity index (χ1n) is 6.95. The Balaban J connectivity index is 1.42. The number of rotatable bonds is 3. The van der Waals surface area contributed by atoms with Gasteiger partial charge in [-0.1, -0.05) is 5.16 Å². The van der Waals surface area contributed by atoms with E-state index in [1.54, 1.807) is 0 Å². The van der Waals surface area contributed by atoms with Crippen molar-refractivity contribution in [3.63, 3.8) is 0 Å². The number of hydrogen-bond acceptors (Lipinski definition) is 4. The Morgan fingerprint density at radius 2 is 1.88 bits per heavy atom. The summed E-state index contributed by atoms with van der Waals surface area (Å²) in [5, 5.41) is 7.77. The van der Waals surface area contributed by atoms with Crippen LogP contribution < -0.4 is 5.32 Å². The largest absolute Gasteiger partial charge is 0.339 e. The molecule has 17 heavy (non-hydrogen) atoms. The van der Waals surface area contributed by atoms with E-state index in [4.69, 9.17) is 4.52 Å². The van der Waals surface area contributed by atoms with Crippen LogP contribution in [0.5, 0.6) is 0 Å². The smallest absolute Gasteiger partial charge is 0.226 e. The summed E-state index contributed by atoms with van der Waals surface area (Å²) in [6, 6.07) is 1.51. The van der Waals surface area contributed by atoms with E-state index < -0.39 is 0 Å². The van der Waals surface area contributed by atoms with Crippen molar-refractivity contribution in [3.8, 4) is 0 Å². The van der Waals surface area contributed by atoms with Gasteiger partial charge in [0.05, 0.1) is 0 Å². The number of hydrogen-bond donors (Lipinski definition) is 1. The highest BCUT2D eigenvalue weighted by Crippen LogP contribution is 2.38. The minimum Gasteiger partial charge on any atom is -0.339 e. The second-order valence-corrected chi connectivity index (χ2v) is 6.00. The fourth-order valence-corrected chi connectivity index (χ4v) is 3.45. The molecule has 1 aromatic heterocycles. The van der Waals surface area contributed by atoms with Crippen LogP contribution in [0.2, 0.25) is 0 Å². The summed E-state index contributed by atoms with van der Waals surface area (Å²) in [4.78, 5) is 4.54. The first-order valence-corrected chi connectivity index (χ1v) is 6.95. The highest BCUT2D eigenvalue weighted by molar-refractivity contribution is 5.04. The van der Waals surface area contributed by atoms with Crippen molar-refractivity contribution in [2.45, 2.75) is 62.9 Å².